The second-order valence-electron chi connectivity index (χ2n) is 23.4. The molecule has 0 aliphatic carbocycles. The molecule has 6 nitrogen and oxygen atoms in total. The van der Waals surface area contributed by atoms with Gasteiger partial charge >= 0.3 is 17.9 Å². The molecule has 0 N–H and O–H groups in total. The van der Waals surface area contributed by atoms with Crippen LogP contribution in [0.1, 0.15) is 348 Å². The predicted molar refractivity (Wildman–Crippen MR) is 357 cm³/mol. The van der Waals surface area contributed by atoms with E-state index in [0.29, 0.717) is 19.3 Å². The van der Waals surface area contributed by atoms with E-state index in [-0.39, 0.29) is 31.1 Å². The number of hydrogen-bond acceptors (Lipinski definition) is 6. The van der Waals surface area contributed by atoms with Gasteiger partial charge in [-0.2, -0.15) is 0 Å². The Morgan fingerprint density at radius 3 is 0.768 bits per heavy atom. The van der Waals surface area contributed by atoms with Crippen molar-refractivity contribution in [1.82, 2.24) is 0 Å². The van der Waals surface area contributed by atoms with E-state index >= 15 is 0 Å². The van der Waals surface area contributed by atoms with Crippen LogP contribution in [0.5, 0.6) is 0 Å². The summed E-state index contributed by atoms with van der Waals surface area (Å²) in [7, 11) is 0. The van der Waals surface area contributed by atoms with Crippen LogP contribution in [0, 0.1) is 0 Å². The first-order chi connectivity index (χ1) is 40.5. The number of carbonyl (C=O) groups excluding carboxylic acids is 3. The van der Waals surface area contributed by atoms with Gasteiger partial charge in [0.2, 0.25) is 0 Å². The summed E-state index contributed by atoms with van der Waals surface area (Å²) in [6.07, 6.45) is 94.2. The summed E-state index contributed by atoms with van der Waals surface area (Å²) in [5, 5.41) is 0. The van der Waals surface area contributed by atoms with Gasteiger partial charge in [-0.15, -0.1) is 0 Å². The van der Waals surface area contributed by atoms with Gasteiger partial charge in [0.1, 0.15) is 13.2 Å². The van der Waals surface area contributed by atoms with Crippen LogP contribution >= 0.6 is 0 Å². The zero-order chi connectivity index (χ0) is 59.2. The third kappa shape index (κ3) is 67.1. The molecule has 0 heterocycles. The molecule has 0 spiro atoms. The lowest BCUT2D eigenvalue weighted by molar-refractivity contribution is -0.167. The topological polar surface area (TPSA) is 78.9 Å². The van der Waals surface area contributed by atoms with E-state index in [0.717, 1.165) is 116 Å². The van der Waals surface area contributed by atoms with Gasteiger partial charge in [0.25, 0.3) is 0 Å². The highest BCUT2D eigenvalue weighted by Gasteiger charge is 2.19. The molecule has 0 aromatic carbocycles. The minimum absolute atomic E-state index is 0.0855. The SMILES string of the molecule is CC/C=C\C/C=C\C/C=C\C/C=C\C/C=C\C/C=C\CCCCCCC(=O)OCC(COC(=O)CCCCCCCCCCC/C=C\C/C=C\CCCCC)OC(=O)CCCCCCCCCCCCCCCCCCCCCCCC. The lowest BCUT2D eigenvalue weighted by Crippen LogP contribution is -2.30. The Hall–Kier alpha value is -3.67. The molecular weight excluding hydrogens is 1010 g/mol. The Morgan fingerprint density at radius 1 is 0.256 bits per heavy atom. The Balaban J connectivity index is 4.41. The number of esters is 3. The molecule has 0 amide bonds. The van der Waals surface area contributed by atoms with Crippen molar-refractivity contribution >= 4 is 17.9 Å². The lowest BCUT2D eigenvalue weighted by atomic mass is 10.0. The molecule has 0 aromatic rings. The number of unbranched alkanes of at least 4 members (excludes halogenated alkanes) is 37. The van der Waals surface area contributed by atoms with Crippen LogP contribution in [0.3, 0.4) is 0 Å². The van der Waals surface area contributed by atoms with Gasteiger partial charge in [0.15, 0.2) is 6.10 Å². The minimum Gasteiger partial charge on any atom is -0.462 e. The Bertz CT molecular complexity index is 1590. The van der Waals surface area contributed by atoms with Gasteiger partial charge in [-0.25, -0.2) is 0 Å². The van der Waals surface area contributed by atoms with E-state index in [9.17, 15) is 14.4 Å². The van der Waals surface area contributed by atoms with E-state index in [1.807, 2.05) is 0 Å². The van der Waals surface area contributed by atoms with Crippen LogP contribution in [0.25, 0.3) is 0 Å². The smallest absolute Gasteiger partial charge is 0.306 e. The maximum Gasteiger partial charge on any atom is 0.306 e. The summed E-state index contributed by atoms with van der Waals surface area (Å²) in [6.45, 7) is 6.53. The van der Waals surface area contributed by atoms with E-state index in [1.165, 1.54) is 193 Å². The fourth-order valence-corrected chi connectivity index (χ4v) is 10.1. The molecule has 0 radical (unpaired) electrons. The molecule has 0 saturated carbocycles. The third-order valence-electron chi connectivity index (χ3n) is 15.3. The number of ether oxygens (including phenoxy) is 3. The molecule has 0 rings (SSSR count). The van der Waals surface area contributed by atoms with E-state index in [2.05, 4.69) is 118 Å². The number of carbonyl (C=O) groups is 3. The van der Waals surface area contributed by atoms with E-state index in [4.69, 9.17) is 14.2 Å². The maximum atomic E-state index is 13.0. The van der Waals surface area contributed by atoms with Gasteiger partial charge in [0, 0.05) is 19.3 Å². The molecule has 472 valence electrons. The second kappa shape index (κ2) is 69.8. The average Bonchev–Trinajstić information content (AvgIpc) is 3.48. The van der Waals surface area contributed by atoms with Crippen molar-refractivity contribution in [3.8, 4) is 0 Å². The molecule has 0 bridgehead atoms. The molecule has 6 heteroatoms. The van der Waals surface area contributed by atoms with Crippen LogP contribution in [-0.2, 0) is 28.6 Å². The van der Waals surface area contributed by atoms with Gasteiger partial charge in [-0.05, 0) is 103 Å². The lowest BCUT2D eigenvalue weighted by Gasteiger charge is -2.18. The quantitative estimate of drug-likeness (QED) is 0.0261. The first-order valence-electron chi connectivity index (χ1n) is 35.2. The van der Waals surface area contributed by atoms with Gasteiger partial charge < -0.3 is 14.2 Å². The molecule has 1 atom stereocenters. The van der Waals surface area contributed by atoms with Crippen molar-refractivity contribution in [1.29, 1.82) is 0 Å². The van der Waals surface area contributed by atoms with Crippen molar-refractivity contribution < 1.29 is 28.6 Å². The summed E-state index contributed by atoms with van der Waals surface area (Å²) in [5.74, 6) is -0.897. The average molecular weight is 1140 g/mol. The highest BCUT2D eigenvalue weighted by molar-refractivity contribution is 5.71. The van der Waals surface area contributed by atoms with Crippen LogP contribution < -0.4 is 0 Å². The van der Waals surface area contributed by atoms with Crippen molar-refractivity contribution in [2.45, 2.75) is 354 Å². The predicted octanol–water partition coefficient (Wildman–Crippen LogP) is 24.4. The van der Waals surface area contributed by atoms with E-state index in [1.54, 1.807) is 0 Å². The summed E-state index contributed by atoms with van der Waals surface area (Å²) < 4.78 is 17.0. The number of rotatable bonds is 64. The Kier molecular flexibility index (Phi) is 66.7. The molecule has 0 aliphatic rings. The molecule has 0 fully saturated rings. The summed E-state index contributed by atoms with van der Waals surface area (Å²) in [5.41, 5.74) is 0. The van der Waals surface area contributed by atoms with Crippen LogP contribution in [-0.4, -0.2) is 37.2 Å². The molecule has 0 aromatic heterocycles. The second-order valence-corrected chi connectivity index (χ2v) is 23.4. The van der Waals surface area contributed by atoms with Gasteiger partial charge in [0.05, 0.1) is 0 Å². The standard InChI is InChI=1S/C76H132O6/c1-4-7-10-13-16-19-22-25-28-31-34-36-38-40-42-45-48-51-54-57-60-63-66-69-75(78)81-72-73(71-80-74(77)68-65-62-59-56-53-50-47-44-41-33-30-27-24-21-18-15-12-9-6-3)82-76(79)70-67-64-61-58-55-52-49-46-43-39-37-35-32-29-26-23-20-17-14-11-8-5-2/h7,10,16,18-19,21,25,27-28,30,34,36,40,42,48,51,73H,4-6,8-9,11-15,17,20,22-24,26,29,31-33,35,37-39,41,43-47,49-50,52-72H2,1-3H3/b10-7-,19-16-,21-18-,28-25-,30-27-,36-34-,42-40-,51-48-. The van der Waals surface area contributed by atoms with Gasteiger partial charge in [-0.3, -0.25) is 14.4 Å². The zero-order valence-corrected chi connectivity index (χ0v) is 54.2. The maximum absolute atomic E-state index is 13.0. The highest BCUT2D eigenvalue weighted by Crippen LogP contribution is 2.18. The summed E-state index contributed by atoms with van der Waals surface area (Å²) in [4.78, 5) is 38.5. The van der Waals surface area contributed by atoms with Crippen molar-refractivity contribution in [3.63, 3.8) is 0 Å². The largest absolute Gasteiger partial charge is 0.462 e. The van der Waals surface area contributed by atoms with Crippen LogP contribution in [0.15, 0.2) is 97.2 Å². The minimum atomic E-state index is -0.792. The van der Waals surface area contributed by atoms with Crippen molar-refractivity contribution in [2.24, 2.45) is 0 Å². The molecule has 1 unspecified atom stereocenters. The van der Waals surface area contributed by atoms with Crippen LogP contribution in [0.4, 0.5) is 0 Å². The Morgan fingerprint density at radius 2 is 0.476 bits per heavy atom. The van der Waals surface area contributed by atoms with Crippen molar-refractivity contribution in [3.05, 3.63) is 97.2 Å². The number of hydrogen-bond donors (Lipinski definition) is 0. The summed E-state index contributed by atoms with van der Waals surface area (Å²) >= 11 is 0. The third-order valence-corrected chi connectivity index (χ3v) is 15.3. The highest BCUT2D eigenvalue weighted by atomic mass is 16.6. The fourth-order valence-electron chi connectivity index (χ4n) is 10.1. The van der Waals surface area contributed by atoms with Crippen molar-refractivity contribution in [2.75, 3.05) is 13.2 Å². The normalized spacial score (nSPS) is 12.7. The molecular formula is C76H132O6. The Labute approximate surface area is 508 Å². The first kappa shape index (κ1) is 78.3. The molecule has 0 aliphatic heterocycles. The number of allylic oxidation sites excluding steroid dienone is 16. The zero-order valence-electron chi connectivity index (χ0n) is 54.2. The monoisotopic (exact) mass is 1140 g/mol. The summed E-state index contributed by atoms with van der Waals surface area (Å²) in [6, 6.07) is 0. The van der Waals surface area contributed by atoms with Gasteiger partial charge in [-0.1, -0.05) is 323 Å². The fraction of sp³-hybridized carbons (Fsp3) is 0.750. The van der Waals surface area contributed by atoms with E-state index < -0.39 is 6.10 Å². The first-order valence-corrected chi connectivity index (χ1v) is 35.2. The van der Waals surface area contributed by atoms with Crippen LogP contribution in [0.2, 0.25) is 0 Å². The molecule has 82 heavy (non-hydrogen) atoms. The molecule has 0 saturated heterocycles.